The Morgan fingerprint density at radius 3 is 2.54 bits per heavy atom. The lowest BCUT2D eigenvalue weighted by Gasteiger charge is -2.29. The van der Waals surface area contributed by atoms with Gasteiger partial charge >= 0.3 is 0 Å². The fourth-order valence-corrected chi connectivity index (χ4v) is 4.38. The number of aromatic nitrogens is 3. The lowest BCUT2D eigenvalue weighted by atomic mass is 10.3. The normalized spacial score (nSPS) is 22.9. The number of morpholine rings is 1. The van der Waals surface area contributed by atoms with Gasteiger partial charge in [-0.05, 0) is 32.6 Å². The fraction of sp³-hybridized carbons (Fsp3) is 0.812. The summed E-state index contributed by atoms with van der Waals surface area (Å²) < 4.78 is 7.61. The molecule has 4 rings (SSSR count). The summed E-state index contributed by atoms with van der Waals surface area (Å²) in [7, 11) is 0. The molecule has 0 bridgehead atoms. The van der Waals surface area contributed by atoms with Crippen LogP contribution >= 0.6 is 11.8 Å². The molecular weight excluding hydrogens is 326 g/mol. The van der Waals surface area contributed by atoms with Crippen molar-refractivity contribution in [3.8, 4) is 0 Å². The molecule has 2 saturated heterocycles. The van der Waals surface area contributed by atoms with Crippen LogP contribution in [0, 0.1) is 0 Å². The first kappa shape index (κ1) is 16.2. The van der Waals surface area contributed by atoms with E-state index in [-0.39, 0.29) is 11.2 Å². The number of rotatable bonds is 5. The smallest absolute Gasteiger partial charge is 0.236 e. The first-order valence-corrected chi connectivity index (χ1v) is 9.85. The highest BCUT2D eigenvalue weighted by molar-refractivity contribution is 8.00. The molecule has 0 N–H and O–H groups in total. The van der Waals surface area contributed by atoms with Crippen molar-refractivity contribution in [3.63, 3.8) is 0 Å². The van der Waals surface area contributed by atoms with Gasteiger partial charge < -0.3 is 14.5 Å². The van der Waals surface area contributed by atoms with E-state index in [1.54, 1.807) is 11.8 Å². The van der Waals surface area contributed by atoms with Crippen molar-refractivity contribution in [2.75, 3.05) is 44.3 Å². The number of thioether (sulfide) groups is 1. The van der Waals surface area contributed by atoms with Crippen LogP contribution in [0.1, 0.15) is 38.6 Å². The summed E-state index contributed by atoms with van der Waals surface area (Å²) in [4.78, 5) is 16.9. The molecule has 1 aliphatic carbocycles. The first-order chi connectivity index (χ1) is 11.7. The molecule has 3 heterocycles. The Morgan fingerprint density at radius 2 is 1.88 bits per heavy atom. The highest BCUT2D eigenvalue weighted by atomic mass is 32.2. The molecule has 0 radical (unpaired) electrons. The van der Waals surface area contributed by atoms with Crippen molar-refractivity contribution in [2.24, 2.45) is 0 Å². The Hall–Kier alpha value is -1.28. The zero-order chi connectivity index (χ0) is 16.5. The summed E-state index contributed by atoms with van der Waals surface area (Å²) in [5.41, 5.74) is 0. The van der Waals surface area contributed by atoms with Crippen LogP contribution in [-0.2, 0) is 9.53 Å². The summed E-state index contributed by atoms with van der Waals surface area (Å²) in [6.45, 7) is 6.77. The van der Waals surface area contributed by atoms with Crippen molar-refractivity contribution in [3.05, 3.63) is 0 Å². The van der Waals surface area contributed by atoms with E-state index in [2.05, 4.69) is 19.7 Å². The van der Waals surface area contributed by atoms with E-state index in [1.807, 2.05) is 11.8 Å². The average molecular weight is 351 g/mol. The zero-order valence-corrected chi connectivity index (χ0v) is 15.0. The summed E-state index contributed by atoms with van der Waals surface area (Å²) in [6.07, 6.45) is 4.84. The molecule has 1 aromatic rings. The topological polar surface area (TPSA) is 63.5 Å². The standard InChI is InChI=1S/C16H25N5O2S/c1-12(14(22)19-8-10-23-11-9-19)24-16-18-17-15(20-6-2-3-7-20)21(16)13-4-5-13/h12-13H,2-11H2,1H3. The molecule has 1 amide bonds. The molecule has 2 aliphatic heterocycles. The largest absolute Gasteiger partial charge is 0.378 e. The van der Waals surface area contributed by atoms with Crippen molar-refractivity contribution in [1.82, 2.24) is 19.7 Å². The van der Waals surface area contributed by atoms with Crippen molar-refractivity contribution >= 4 is 23.6 Å². The van der Waals surface area contributed by atoms with Gasteiger partial charge in [-0.3, -0.25) is 9.36 Å². The second kappa shape index (κ2) is 6.92. The number of hydrogen-bond donors (Lipinski definition) is 0. The zero-order valence-electron chi connectivity index (χ0n) is 14.2. The molecule has 3 aliphatic rings. The Morgan fingerprint density at radius 1 is 1.17 bits per heavy atom. The quantitative estimate of drug-likeness (QED) is 0.750. The molecule has 1 saturated carbocycles. The predicted molar refractivity (Wildman–Crippen MR) is 92.5 cm³/mol. The molecule has 0 aromatic carbocycles. The predicted octanol–water partition coefficient (Wildman–Crippen LogP) is 1.55. The van der Waals surface area contributed by atoms with Gasteiger partial charge in [-0.25, -0.2) is 0 Å². The molecule has 132 valence electrons. The van der Waals surface area contributed by atoms with E-state index >= 15 is 0 Å². The van der Waals surface area contributed by atoms with Crippen LogP contribution in [0.3, 0.4) is 0 Å². The van der Waals surface area contributed by atoms with E-state index in [0.29, 0.717) is 32.3 Å². The number of carbonyl (C=O) groups is 1. The van der Waals surface area contributed by atoms with Gasteiger partial charge in [-0.2, -0.15) is 0 Å². The summed E-state index contributed by atoms with van der Waals surface area (Å²) in [6, 6.07) is 0.517. The van der Waals surface area contributed by atoms with Gasteiger partial charge in [0.05, 0.1) is 18.5 Å². The molecular formula is C16H25N5O2S. The number of carbonyl (C=O) groups excluding carboxylic acids is 1. The summed E-state index contributed by atoms with van der Waals surface area (Å²) in [5, 5.41) is 9.64. The van der Waals surface area contributed by atoms with E-state index < -0.39 is 0 Å². The minimum absolute atomic E-state index is 0.142. The van der Waals surface area contributed by atoms with Gasteiger partial charge in [0.1, 0.15) is 0 Å². The van der Waals surface area contributed by atoms with Gasteiger partial charge in [-0.1, -0.05) is 11.8 Å². The summed E-state index contributed by atoms with van der Waals surface area (Å²) >= 11 is 1.55. The Kier molecular flexibility index (Phi) is 4.67. The van der Waals surface area contributed by atoms with Gasteiger partial charge in [0, 0.05) is 32.2 Å². The summed E-state index contributed by atoms with van der Waals surface area (Å²) in [5.74, 6) is 1.18. The lowest BCUT2D eigenvalue weighted by Crippen LogP contribution is -2.44. The Bertz CT molecular complexity index is 591. The van der Waals surface area contributed by atoms with Crippen LogP contribution in [0.15, 0.2) is 5.16 Å². The number of ether oxygens (including phenoxy) is 1. The number of hydrogen-bond acceptors (Lipinski definition) is 6. The minimum Gasteiger partial charge on any atom is -0.378 e. The molecule has 8 heteroatoms. The van der Waals surface area contributed by atoms with Crippen LogP contribution in [0.2, 0.25) is 0 Å². The minimum atomic E-state index is -0.142. The number of nitrogens with zero attached hydrogens (tertiary/aromatic N) is 5. The van der Waals surface area contributed by atoms with Gasteiger partial charge in [0.2, 0.25) is 11.9 Å². The van der Waals surface area contributed by atoms with E-state index in [4.69, 9.17) is 4.74 Å². The molecule has 1 atom stereocenters. The third-order valence-electron chi connectivity index (χ3n) is 4.90. The monoisotopic (exact) mass is 351 g/mol. The van der Waals surface area contributed by atoms with E-state index in [1.165, 1.54) is 25.7 Å². The average Bonchev–Trinajstić information content (AvgIpc) is 3.14. The second-order valence-electron chi connectivity index (χ2n) is 6.78. The van der Waals surface area contributed by atoms with Crippen LogP contribution in [-0.4, -0.2) is 70.2 Å². The maximum absolute atomic E-state index is 12.6. The molecule has 1 unspecified atom stereocenters. The van der Waals surface area contributed by atoms with E-state index in [0.717, 1.165) is 24.2 Å². The highest BCUT2D eigenvalue weighted by Crippen LogP contribution is 2.42. The van der Waals surface area contributed by atoms with Crippen LogP contribution in [0.4, 0.5) is 5.95 Å². The molecule has 1 aromatic heterocycles. The van der Waals surface area contributed by atoms with Crippen molar-refractivity contribution in [1.29, 1.82) is 0 Å². The fourth-order valence-electron chi connectivity index (χ4n) is 3.38. The SMILES string of the molecule is CC(Sc1nnc(N2CCCC2)n1C1CC1)C(=O)N1CCOCC1. The van der Waals surface area contributed by atoms with Gasteiger partial charge in [-0.15, -0.1) is 10.2 Å². The maximum Gasteiger partial charge on any atom is 0.236 e. The van der Waals surface area contributed by atoms with E-state index in [9.17, 15) is 4.79 Å². The Labute approximate surface area is 146 Å². The third kappa shape index (κ3) is 3.26. The van der Waals surface area contributed by atoms with Crippen LogP contribution < -0.4 is 4.90 Å². The Balaban J connectivity index is 1.48. The molecule has 0 spiro atoms. The van der Waals surface area contributed by atoms with Gasteiger partial charge in [0.15, 0.2) is 5.16 Å². The molecule has 7 nitrogen and oxygen atoms in total. The maximum atomic E-state index is 12.6. The van der Waals surface area contributed by atoms with Crippen molar-refractivity contribution < 1.29 is 9.53 Å². The highest BCUT2D eigenvalue weighted by Gasteiger charge is 2.34. The lowest BCUT2D eigenvalue weighted by molar-refractivity contribution is -0.134. The van der Waals surface area contributed by atoms with Crippen LogP contribution in [0.5, 0.6) is 0 Å². The van der Waals surface area contributed by atoms with Crippen LogP contribution in [0.25, 0.3) is 0 Å². The van der Waals surface area contributed by atoms with Gasteiger partial charge in [0.25, 0.3) is 0 Å². The first-order valence-electron chi connectivity index (χ1n) is 8.97. The molecule has 24 heavy (non-hydrogen) atoms. The van der Waals surface area contributed by atoms with Crippen molar-refractivity contribution in [2.45, 2.75) is 49.1 Å². The second-order valence-corrected chi connectivity index (χ2v) is 8.08. The number of anilines is 1. The third-order valence-corrected chi connectivity index (χ3v) is 5.94. The number of amides is 1. The molecule has 3 fully saturated rings.